The third kappa shape index (κ3) is 5.18. The molecule has 1 rings (SSSR count). The first kappa shape index (κ1) is 18.8. The monoisotopic (exact) mass is 313 g/mol. The Kier molecular flexibility index (Phi) is 6.69. The van der Waals surface area contributed by atoms with Gasteiger partial charge in [0.25, 0.3) is 0 Å². The summed E-state index contributed by atoms with van der Waals surface area (Å²) in [6.45, 7) is 10.1. The Hall–Kier alpha value is -1.26. The lowest BCUT2D eigenvalue weighted by atomic mass is 9.80. The topological polar surface area (TPSA) is 66.8 Å². The zero-order chi connectivity index (χ0) is 16.9. The summed E-state index contributed by atoms with van der Waals surface area (Å²) >= 11 is 0. The highest BCUT2D eigenvalue weighted by atomic mass is 16.6. The molecule has 0 saturated carbocycles. The van der Waals surface area contributed by atoms with E-state index in [1.807, 2.05) is 0 Å². The second kappa shape index (κ2) is 7.84. The Morgan fingerprint density at radius 3 is 2.32 bits per heavy atom. The Bertz CT molecular complexity index is 385. The maximum absolute atomic E-state index is 12.3. The summed E-state index contributed by atoms with van der Waals surface area (Å²) in [5.41, 5.74) is -0.609. The maximum atomic E-state index is 12.3. The number of rotatable bonds is 5. The summed E-state index contributed by atoms with van der Waals surface area (Å²) < 4.78 is 5.39. The second-order valence-electron chi connectivity index (χ2n) is 7.28. The molecule has 0 radical (unpaired) electrons. The first-order valence-corrected chi connectivity index (χ1v) is 8.42. The summed E-state index contributed by atoms with van der Waals surface area (Å²) in [4.78, 5) is 25.5. The summed E-state index contributed by atoms with van der Waals surface area (Å²) in [7, 11) is 0. The van der Waals surface area contributed by atoms with Crippen molar-refractivity contribution in [3.05, 3.63) is 0 Å². The number of carbonyl (C=O) groups is 2. The van der Waals surface area contributed by atoms with Crippen LogP contribution in [0.25, 0.3) is 0 Å². The Morgan fingerprint density at radius 2 is 1.86 bits per heavy atom. The van der Waals surface area contributed by atoms with Crippen LogP contribution in [0.1, 0.15) is 66.7 Å². The molecule has 1 saturated heterocycles. The molecule has 1 amide bonds. The Labute approximate surface area is 134 Å². The molecule has 0 aromatic rings. The number of piperidine rings is 1. The van der Waals surface area contributed by atoms with E-state index in [4.69, 9.17) is 4.74 Å². The van der Waals surface area contributed by atoms with Gasteiger partial charge in [-0.25, -0.2) is 9.59 Å². The number of hydrogen-bond donors (Lipinski definition) is 1. The van der Waals surface area contributed by atoms with Crippen LogP contribution in [0, 0.1) is 11.8 Å². The minimum atomic E-state index is -0.915. The SMILES string of the molecule is CCC(CC)C[C@H]1CCCN(C(=O)OC(C)(C)C)[C@H]1C(=O)O. The largest absolute Gasteiger partial charge is 0.480 e. The fraction of sp³-hybridized carbons (Fsp3) is 0.882. The fourth-order valence-corrected chi connectivity index (χ4v) is 3.23. The number of ether oxygens (including phenoxy) is 1. The van der Waals surface area contributed by atoms with Crippen molar-refractivity contribution in [2.24, 2.45) is 11.8 Å². The molecule has 0 aromatic carbocycles. The smallest absolute Gasteiger partial charge is 0.411 e. The molecular weight excluding hydrogens is 282 g/mol. The third-order valence-electron chi connectivity index (χ3n) is 4.43. The van der Waals surface area contributed by atoms with Gasteiger partial charge in [0, 0.05) is 6.54 Å². The van der Waals surface area contributed by atoms with Crippen LogP contribution in [-0.2, 0) is 9.53 Å². The fourth-order valence-electron chi connectivity index (χ4n) is 3.23. The van der Waals surface area contributed by atoms with Gasteiger partial charge >= 0.3 is 12.1 Å². The number of nitrogens with zero attached hydrogens (tertiary/aromatic N) is 1. The van der Waals surface area contributed by atoms with Crippen molar-refractivity contribution in [3.8, 4) is 0 Å². The van der Waals surface area contributed by atoms with Gasteiger partial charge in [-0.2, -0.15) is 0 Å². The lowest BCUT2D eigenvalue weighted by Crippen LogP contribution is -2.54. The summed E-state index contributed by atoms with van der Waals surface area (Å²) in [5.74, 6) is -0.379. The highest BCUT2D eigenvalue weighted by Crippen LogP contribution is 2.32. The van der Waals surface area contributed by atoms with E-state index >= 15 is 0 Å². The number of carboxylic acid groups (broad SMARTS) is 1. The molecule has 0 aliphatic carbocycles. The van der Waals surface area contributed by atoms with Crippen LogP contribution in [-0.4, -0.2) is 40.3 Å². The highest BCUT2D eigenvalue weighted by molar-refractivity contribution is 5.80. The van der Waals surface area contributed by atoms with Crippen LogP contribution in [0.5, 0.6) is 0 Å². The molecule has 2 atom stereocenters. The van der Waals surface area contributed by atoms with Gasteiger partial charge in [0.2, 0.25) is 0 Å². The van der Waals surface area contributed by atoms with E-state index in [0.717, 1.165) is 32.1 Å². The van der Waals surface area contributed by atoms with Crippen LogP contribution in [0.4, 0.5) is 4.79 Å². The van der Waals surface area contributed by atoms with Gasteiger partial charge in [-0.05, 0) is 51.9 Å². The standard InChI is InChI=1S/C17H31NO4/c1-6-12(7-2)11-13-9-8-10-18(14(13)15(19)20)16(21)22-17(3,4)5/h12-14H,6-11H2,1-5H3,(H,19,20)/t13-,14-/m1/s1. The van der Waals surface area contributed by atoms with Crippen molar-refractivity contribution < 1.29 is 19.4 Å². The summed E-state index contributed by atoms with van der Waals surface area (Å²) in [6, 6.07) is -0.760. The van der Waals surface area contributed by atoms with Crippen LogP contribution in [0.2, 0.25) is 0 Å². The van der Waals surface area contributed by atoms with Crippen LogP contribution >= 0.6 is 0 Å². The van der Waals surface area contributed by atoms with Crippen LogP contribution < -0.4 is 0 Å². The zero-order valence-corrected chi connectivity index (χ0v) is 14.6. The molecule has 0 unspecified atom stereocenters. The quantitative estimate of drug-likeness (QED) is 0.835. The van der Waals surface area contributed by atoms with E-state index in [2.05, 4.69) is 13.8 Å². The van der Waals surface area contributed by atoms with E-state index < -0.39 is 23.7 Å². The van der Waals surface area contributed by atoms with Crippen molar-refractivity contribution in [3.63, 3.8) is 0 Å². The zero-order valence-electron chi connectivity index (χ0n) is 14.6. The van der Waals surface area contributed by atoms with Crippen molar-refractivity contribution in [2.45, 2.75) is 78.4 Å². The first-order chi connectivity index (χ1) is 10.2. The van der Waals surface area contributed by atoms with Crippen molar-refractivity contribution >= 4 is 12.1 Å². The summed E-state index contributed by atoms with van der Waals surface area (Å²) in [6.07, 6.45) is 4.16. The molecule has 5 nitrogen and oxygen atoms in total. The normalized spacial score (nSPS) is 22.7. The minimum Gasteiger partial charge on any atom is -0.480 e. The molecule has 1 aliphatic rings. The number of carboxylic acids is 1. The van der Waals surface area contributed by atoms with Gasteiger partial charge in [-0.15, -0.1) is 0 Å². The predicted molar refractivity (Wildman–Crippen MR) is 85.8 cm³/mol. The first-order valence-electron chi connectivity index (χ1n) is 8.42. The molecule has 128 valence electrons. The van der Waals surface area contributed by atoms with Crippen LogP contribution in [0.15, 0.2) is 0 Å². The number of amides is 1. The van der Waals surface area contributed by atoms with E-state index in [1.165, 1.54) is 4.90 Å². The average Bonchev–Trinajstić information content (AvgIpc) is 2.42. The van der Waals surface area contributed by atoms with Crippen LogP contribution in [0.3, 0.4) is 0 Å². The Morgan fingerprint density at radius 1 is 1.27 bits per heavy atom. The third-order valence-corrected chi connectivity index (χ3v) is 4.43. The maximum Gasteiger partial charge on any atom is 0.411 e. The van der Waals surface area contributed by atoms with Crippen molar-refractivity contribution in [1.82, 2.24) is 4.90 Å². The van der Waals surface area contributed by atoms with Gasteiger partial charge in [0.15, 0.2) is 0 Å². The number of aliphatic carboxylic acids is 1. The molecular formula is C17H31NO4. The lowest BCUT2D eigenvalue weighted by Gasteiger charge is -2.40. The van der Waals surface area contributed by atoms with Gasteiger partial charge in [0.1, 0.15) is 11.6 Å². The van der Waals surface area contributed by atoms with Gasteiger partial charge in [-0.1, -0.05) is 26.7 Å². The molecule has 0 spiro atoms. The van der Waals surface area contributed by atoms with E-state index in [9.17, 15) is 14.7 Å². The van der Waals surface area contributed by atoms with Crippen molar-refractivity contribution in [2.75, 3.05) is 6.54 Å². The minimum absolute atomic E-state index is 0.0173. The molecule has 1 heterocycles. The summed E-state index contributed by atoms with van der Waals surface area (Å²) in [5, 5.41) is 9.64. The van der Waals surface area contributed by atoms with E-state index in [0.29, 0.717) is 12.5 Å². The molecule has 22 heavy (non-hydrogen) atoms. The predicted octanol–water partition coefficient (Wildman–Crippen LogP) is 3.91. The number of hydrogen-bond acceptors (Lipinski definition) is 3. The number of likely N-dealkylation sites (tertiary alicyclic amines) is 1. The van der Waals surface area contributed by atoms with Gasteiger partial charge < -0.3 is 9.84 Å². The molecule has 1 fully saturated rings. The second-order valence-corrected chi connectivity index (χ2v) is 7.28. The lowest BCUT2D eigenvalue weighted by molar-refractivity contribution is -0.147. The molecule has 5 heteroatoms. The molecule has 1 N–H and O–H groups in total. The van der Waals surface area contributed by atoms with Gasteiger partial charge in [0.05, 0.1) is 0 Å². The van der Waals surface area contributed by atoms with E-state index in [1.54, 1.807) is 20.8 Å². The number of carbonyl (C=O) groups excluding carboxylic acids is 1. The molecule has 0 aromatic heterocycles. The molecule has 0 bridgehead atoms. The Balaban J connectivity index is 2.88. The van der Waals surface area contributed by atoms with Gasteiger partial charge in [-0.3, -0.25) is 4.90 Å². The average molecular weight is 313 g/mol. The molecule has 1 aliphatic heterocycles. The van der Waals surface area contributed by atoms with Crippen molar-refractivity contribution in [1.29, 1.82) is 0 Å². The van der Waals surface area contributed by atoms with E-state index in [-0.39, 0.29) is 5.92 Å². The highest BCUT2D eigenvalue weighted by Gasteiger charge is 2.41.